The first-order valence-electron chi connectivity index (χ1n) is 9.05. The zero-order valence-electron chi connectivity index (χ0n) is 16.7. The van der Waals surface area contributed by atoms with Crippen molar-refractivity contribution in [3.63, 3.8) is 0 Å². The Labute approximate surface area is 197 Å². The summed E-state index contributed by atoms with van der Waals surface area (Å²) in [6, 6.07) is 11.8. The first-order chi connectivity index (χ1) is 14.2. The predicted octanol–water partition coefficient (Wildman–Crippen LogP) is 2.34. The molecule has 12 heteroatoms. The van der Waals surface area contributed by atoms with Gasteiger partial charge in [-0.2, -0.15) is 8.78 Å². The van der Waals surface area contributed by atoms with Crippen molar-refractivity contribution in [1.82, 2.24) is 10.6 Å². The van der Waals surface area contributed by atoms with Crippen molar-refractivity contribution in [3.05, 3.63) is 59.7 Å². The average molecular weight is 570 g/mol. The van der Waals surface area contributed by atoms with Crippen LogP contribution in [-0.2, 0) is 16.6 Å². The molecular weight excluding hydrogens is 545 g/mol. The maximum atomic E-state index is 12.2. The van der Waals surface area contributed by atoms with E-state index in [4.69, 9.17) is 5.14 Å². The Balaban J connectivity index is 0.00000480. The molecule has 2 aromatic carbocycles. The quantitative estimate of drug-likeness (QED) is 0.209. The summed E-state index contributed by atoms with van der Waals surface area (Å²) in [5, 5.41) is 21.4. The maximum absolute atomic E-state index is 12.2. The van der Waals surface area contributed by atoms with Gasteiger partial charge in [-0.15, -0.1) is 24.0 Å². The van der Waals surface area contributed by atoms with Gasteiger partial charge in [-0.25, -0.2) is 18.5 Å². The number of alkyl halides is 2. The van der Waals surface area contributed by atoms with Crippen LogP contribution < -0.4 is 20.5 Å². The molecule has 0 aliphatic heterocycles. The topological polar surface area (TPSA) is 126 Å². The molecule has 31 heavy (non-hydrogen) atoms. The number of aliphatic hydroxyl groups excluding tert-OH is 1. The van der Waals surface area contributed by atoms with Gasteiger partial charge in [-0.3, -0.25) is 0 Å². The van der Waals surface area contributed by atoms with Crippen LogP contribution in [0.15, 0.2) is 58.4 Å². The van der Waals surface area contributed by atoms with Gasteiger partial charge < -0.3 is 20.5 Å². The molecule has 5 N–H and O–H groups in total. The standard InChI is InChI=1S/C19H24F2N4O4S.HI/c1-2-23-19(24-11-13-4-3-5-16(10-13)30(22,27)28)25-12-17(26)14-6-8-15(9-7-14)29-18(20)21;/h3-10,17-18,26H,2,11-12H2,1H3,(H2,22,27,28)(H2,23,24,25);1H. The number of nitrogens with zero attached hydrogens (tertiary/aromatic N) is 1. The van der Waals surface area contributed by atoms with Crippen molar-refractivity contribution >= 4 is 40.0 Å². The Kier molecular flexibility index (Phi) is 11.1. The molecule has 2 aromatic rings. The summed E-state index contributed by atoms with van der Waals surface area (Å²) < 4.78 is 51.6. The van der Waals surface area contributed by atoms with E-state index < -0.39 is 22.7 Å². The third-order valence-corrected chi connectivity index (χ3v) is 4.85. The molecule has 0 aliphatic carbocycles. The fourth-order valence-electron chi connectivity index (χ4n) is 2.52. The van der Waals surface area contributed by atoms with Crippen molar-refractivity contribution < 1.29 is 27.0 Å². The largest absolute Gasteiger partial charge is 0.435 e. The zero-order valence-corrected chi connectivity index (χ0v) is 19.8. The number of benzene rings is 2. The fraction of sp³-hybridized carbons (Fsp3) is 0.316. The van der Waals surface area contributed by atoms with E-state index in [1.807, 2.05) is 6.92 Å². The molecule has 2 rings (SSSR count). The normalized spacial score (nSPS) is 12.8. The number of aliphatic imine (C=N–C) groups is 1. The van der Waals surface area contributed by atoms with Crippen LogP contribution in [0.5, 0.6) is 5.75 Å². The van der Waals surface area contributed by atoms with Crippen LogP contribution in [0, 0.1) is 0 Å². The number of halogens is 3. The van der Waals surface area contributed by atoms with Gasteiger partial charge in [0.25, 0.3) is 0 Å². The summed E-state index contributed by atoms with van der Waals surface area (Å²) in [4.78, 5) is 4.37. The van der Waals surface area contributed by atoms with E-state index in [1.165, 1.54) is 36.4 Å². The molecule has 172 valence electrons. The second-order valence-corrected chi connectivity index (χ2v) is 7.79. The van der Waals surface area contributed by atoms with Crippen LogP contribution in [0.1, 0.15) is 24.2 Å². The molecule has 0 bridgehead atoms. The molecule has 0 spiro atoms. The number of nitrogens with one attached hydrogen (secondary N) is 2. The van der Waals surface area contributed by atoms with E-state index in [1.54, 1.807) is 12.1 Å². The lowest BCUT2D eigenvalue weighted by Gasteiger charge is -2.16. The number of rotatable bonds is 9. The zero-order chi connectivity index (χ0) is 22.1. The van der Waals surface area contributed by atoms with E-state index in [-0.39, 0.29) is 47.7 Å². The highest BCUT2D eigenvalue weighted by Crippen LogP contribution is 2.19. The van der Waals surface area contributed by atoms with Gasteiger partial charge in [0.2, 0.25) is 10.0 Å². The highest BCUT2D eigenvalue weighted by Gasteiger charge is 2.11. The Morgan fingerprint density at radius 3 is 2.45 bits per heavy atom. The van der Waals surface area contributed by atoms with Gasteiger partial charge in [-0.05, 0) is 42.3 Å². The SMILES string of the molecule is CCNC(=NCc1cccc(S(N)(=O)=O)c1)NCC(O)c1ccc(OC(F)F)cc1.I. The number of guanidine groups is 1. The molecule has 0 heterocycles. The number of ether oxygens (including phenoxy) is 1. The van der Waals surface area contributed by atoms with Crippen molar-refractivity contribution in [2.24, 2.45) is 10.1 Å². The first-order valence-corrected chi connectivity index (χ1v) is 10.6. The first kappa shape index (κ1) is 27.0. The van der Waals surface area contributed by atoms with Crippen LogP contribution in [0.4, 0.5) is 8.78 Å². The fourth-order valence-corrected chi connectivity index (χ4v) is 3.10. The summed E-state index contributed by atoms with van der Waals surface area (Å²) in [5.41, 5.74) is 1.16. The Morgan fingerprint density at radius 2 is 1.87 bits per heavy atom. The van der Waals surface area contributed by atoms with Gasteiger partial charge in [0.1, 0.15) is 5.75 Å². The Hall–Kier alpha value is -2.03. The Morgan fingerprint density at radius 1 is 1.19 bits per heavy atom. The van der Waals surface area contributed by atoms with Crippen LogP contribution in [0.2, 0.25) is 0 Å². The molecule has 0 radical (unpaired) electrons. The van der Waals surface area contributed by atoms with Crippen LogP contribution in [0.25, 0.3) is 0 Å². The van der Waals surface area contributed by atoms with Crippen LogP contribution in [-0.4, -0.2) is 39.2 Å². The molecule has 1 unspecified atom stereocenters. The smallest absolute Gasteiger partial charge is 0.387 e. The van der Waals surface area contributed by atoms with Crippen molar-refractivity contribution in [1.29, 1.82) is 0 Å². The van der Waals surface area contributed by atoms with Crippen LogP contribution >= 0.6 is 24.0 Å². The number of aliphatic hydroxyl groups is 1. The molecule has 0 aliphatic rings. The highest BCUT2D eigenvalue weighted by molar-refractivity contribution is 14.0. The van der Waals surface area contributed by atoms with Crippen molar-refractivity contribution in [2.75, 3.05) is 13.1 Å². The second-order valence-electron chi connectivity index (χ2n) is 6.23. The molecule has 0 saturated carbocycles. The summed E-state index contributed by atoms with van der Waals surface area (Å²) in [6.07, 6.45) is -0.917. The number of sulfonamides is 1. The number of primary sulfonamides is 1. The van der Waals surface area contributed by atoms with Gasteiger partial charge in [0, 0.05) is 13.1 Å². The molecule has 8 nitrogen and oxygen atoms in total. The maximum Gasteiger partial charge on any atom is 0.387 e. The van der Waals surface area contributed by atoms with Crippen LogP contribution in [0.3, 0.4) is 0 Å². The minimum atomic E-state index is -3.80. The molecule has 0 aromatic heterocycles. The number of nitrogens with two attached hydrogens (primary N) is 1. The highest BCUT2D eigenvalue weighted by atomic mass is 127. The van der Waals surface area contributed by atoms with Gasteiger partial charge >= 0.3 is 6.61 Å². The lowest BCUT2D eigenvalue weighted by atomic mass is 10.1. The van der Waals surface area contributed by atoms with E-state index in [9.17, 15) is 22.3 Å². The molecular formula is C19H25F2IN4O4S. The van der Waals surface area contributed by atoms with Crippen molar-refractivity contribution in [2.45, 2.75) is 31.1 Å². The monoisotopic (exact) mass is 570 g/mol. The summed E-state index contributed by atoms with van der Waals surface area (Å²) >= 11 is 0. The third-order valence-electron chi connectivity index (χ3n) is 3.94. The molecule has 0 amide bonds. The van der Waals surface area contributed by atoms with Gasteiger partial charge in [-0.1, -0.05) is 24.3 Å². The van der Waals surface area contributed by atoms with Gasteiger partial charge in [0.15, 0.2) is 5.96 Å². The molecule has 1 atom stereocenters. The number of hydrogen-bond donors (Lipinski definition) is 4. The van der Waals surface area contributed by atoms with Gasteiger partial charge in [0.05, 0.1) is 17.5 Å². The Bertz CT molecular complexity index is 960. The number of hydrogen-bond acceptors (Lipinski definition) is 5. The molecule has 0 saturated heterocycles. The predicted molar refractivity (Wildman–Crippen MR) is 124 cm³/mol. The lowest BCUT2D eigenvalue weighted by Crippen LogP contribution is -2.39. The van der Waals surface area contributed by atoms with Crippen molar-refractivity contribution in [3.8, 4) is 5.75 Å². The summed E-state index contributed by atoms with van der Waals surface area (Å²) in [7, 11) is -3.80. The van der Waals surface area contributed by atoms with E-state index in [0.717, 1.165) is 0 Å². The van der Waals surface area contributed by atoms with E-state index in [2.05, 4.69) is 20.4 Å². The average Bonchev–Trinajstić information content (AvgIpc) is 2.69. The third kappa shape index (κ3) is 9.33. The minimum Gasteiger partial charge on any atom is -0.435 e. The molecule has 0 fully saturated rings. The summed E-state index contributed by atoms with van der Waals surface area (Å²) in [6.45, 7) is -0.172. The summed E-state index contributed by atoms with van der Waals surface area (Å²) in [5.74, 6) is 0.417. The second kappa shape index (κ2) is 12.7. The van der Waals surface area contributed by atoms with E-state index in [0.29, 0.717) is 23.6 Å². The lowest BCUT2D eigenvalue weighted by molar-refractivity contribution is -0.0498. The minimum absolute atomic E-state index is 0. The van der Waals surface area contributed by atoms with E-state index >= 15 is 0 Å².